The first-order valence-corrected chi connectivity index (χ1v) is 9.34. The van der Waals surface area contributed by atoms with Crippen LogP contribution in [0, 0.1) is 6.92 Å². The van der Waals surface area contributed by atoms with Crippen molar-refractivity contribution in [3.05, 3.63) is 62.6 Å². The summed E-state index contributed by atoms with van der Waals surface area (Å²) in [6.45, 7) is 3.63. The zero-order chi connectivity index (χ0) is 20.6. The number of para-hydroxylation sites is 1. The predicted molar refractivity (Wildman–Crippen MR) is 107 cm³/mol. The van der Waals surface area contributed by atoms with Crippen molar-refractivity contribution < 1.29 is 4.79 Å². The summed E-state index contributed by atoms with van der Waals surface area (Å²) in [5, 5.41) is 7.88. The highest BCUT2D eigenvalue weighted by atomic mass is 32.2. The molecule has 3 rings (SSSR count). The number of nitrogens with zero attached hydrogens (tertiary/aromatic N) is 5. The van der Waals surface area contributed by atoms with E-state index >= 15 is 0 Å². The molecule has 2 N–H and O–H groups in total. The zero-order valence-electron chi connectivity index (χ0n) is 15.9. The maximum absolute atomic E-state index is 13.0. The van der Waals surface area contributed by atoms with Crippen LogP contribution in [0.15, 0.2) is 45.3 Å². The molecule has 1 aromatic carbocycles. The molecule has 0 amide bonds. The fourth-order valence-corrected chi connectivity index (χ4v) is 3.70. The number of carbonyl (C=O) groups excluding carboxylic acids is 1. The molecular formula is C18H20N6O3S. The molecule has 0 spiro atoms. The van der Waals surface area contributed by atoms with Crippen molar-refractivity contribution in [2.45, 2.75) is 24.3 Å². The molecular weight excluding hydrogens is 380 g/mol. The van der Waals surface area contributed by atoms with Gasteiger partial charge in [0, 0.05) is 14.1 Å². The summed E-state index contributed by atoms with van der Waals surface area (Å²) in [4.78, 5) is 37.4. The van der Waals surface area contributed by atoms with Crippen molar-refractivity contribution in [3.8, 4) is 5.69 Å². The second kappa shape index (κ2) is 7.47. The van der Waals surface area contributed by atoms with Crippen molar-refractivity contribution in [3.63, 3.8) is 0 Å². The van der Waals surface area contributed by atoms with Crippen LogP contribution < -0.4 is 17.0 Å². The van der Waals surface area contributed by atoms with Gasteiger partial charge in [0.1, 0.15) is 17.7 Å². The number of hydrogen-bond acceptors (Lipinski definition) is 7. The minimum atomic E-state index is -0.710. The molecule has 9 nitrogen and oxygen atoms in total. The number of benzene rings is 1. The third-order valence-electron chi connectivity index (χ3n) is 4.50. The van der Waals surface area contributed by atoms with Gasteiger partial charge in [-0.15, -0.1) is 10.2 Å². The van der Waals surface area contributed by atoms with Crippen LogP contribution in [0.2, 0.25) is 0 Å². The molecule has 0 saturated heterocycles. The van der Waals surface area contributed by atoms with Crippen LogP contribution in [0.25, 0.3) is 5.69 Å². The number of thioether (sulfide) groups is 1. The highest BCUT2D eigenvalue weighted by Crippen LogP contribution is 2.27. The first-order valence-electron chi connectivity index (χ1n) is 8.46. The van der Waals surface area contributed by atoms with E-state index in [9.17, 15) is 14.4 Å². The number of nitrogens with two attached hydrogens (primary N) is 1. The largest absolute Gasteiger partial charge is 0.384 e. The van der Waals surface area contributed by atoms with Crippen LogP contribution in [0.1, 0.15) is 22.8 Å². The second-order valence-corrected chi connectivity index (χ2v) is 7.67. The summed E-state index contributed by atoms with van der Waals surface area (Å²) in [5.41, 5.74) is 6.32. The summed E-state index contributed by atoms with van der Waals surface area (Å²) >= 11 is 1.17. The molecule has 1 unspecified atom stereocenters. The van der Waals surface area contributed by atoms with E-state index in [-0.39, 0.29) is 11.4 Å². The van der Waals surface area contributed by atoms with Crippen molar-refractivity contribution in [2.24, 2.45) is 14.1 Å². The first kappa shape index (κ1) is 19.6. The average molecular weight is 400 g/mol. The Labute approximate surface area is 164 Å². The lowest BCUT2D eigenvalue weighted by Gasteiger charge is -2.15. The minimum Gasteiger partial charge on any atom is -0.384 e. The number of ketones is 1. The van der Waals surface area contributed by atoms with Crippen LogP contribution in [0.3, 0.4) is 0 Å². The van der Waals surface area contributed by atoms with E-state index in [1.165, 1.54) is 25.9 Å². The normalized spacial score (nSPS) is 12.1. The lowest BCUT2D eigenvalue weighted by molar-refractivity contribution is 0.0992. The van der Waals surface area contributed by atoms with Gasteiger partial charge in [0.25, 0.3) is 5.56 Å². The highest BCUT2D eigenvalue weighted by molar-refractivity contribution is 8.00. The average Bonchev–Trinajstić information content (AvgIpc) is 3.13. The summed E-state index contributed by atoms with van der Waals surface area (Å²) < 4.78 is 3.74. The van der Waals surface area contributed by atoms with E-state index in [0.29, 0.717) is 5.16 Å². The molecule has 28 heavy (non-hydrogen) atoms. The molecule has 1 atom stereocenters. The molecule has 0 aliphatic carbocycles. The Morgan fingerprint density at radius 3 is 2.54 bits per heavy atom. The third kappa shape index (κ3) is 3.26. The van der Waals surface area contributed by atoms with E-state index in [2.05, 4.69) is 10.2 Å². The van der Waals surface area contributed by atoms with E-state index in [1.807, 2.05) is 31.2 Å². The number of anilines is 1. The number of hydrogen-bond donors (Lipinski definition) is 1. The third-order valence-corrected chi connectivity index (χ3v) is 5.56. The van der Waals surface area contributed by atoms with E-state index < -0.39 is 22.3 Å². The van der Waals surface area contributed by atoms with Crippen molar-refractivity contribution in [2.75, 3.05) is 5.73 Å². The predicted octanol–water partition coefficient (Wildman–Crippen LogP) is 0.919. The summed E-state index contributed by atoms with van der Waals surface area (Å²) in [6, 6.07) is 7.73. The lowest BCUT2D eigenvalue weighted by Crippen LogP contribution is -2.42. The SMILES string of the molecule is Cc1ccccc1-n1cnnc1SC(C)C(=O)c1c(N)n(C)c(=O)n(C)c1=O. The van der Waals surface area contributed by atoms with Crippen LogP contribution in [0.4, 0.5) is 5.82 Å². The summed E-state index contributed by atoms with van der Waals surface area (Å²) in [5.74, 6) is -0.621. The number of carbonyl (C=O) groups is 1. The Kier molecular flexibility index (Phi) is 5.23. The van der Waals surface area contributed by atoms with Gasteiger partial charge in [-0.3, -0.25) is 23.3 Å². The maximum atomic E-state index is 13.0. The molecule has 0 aliphatic rings. The molecule has 146 valence electrons. The van der Waals surface area contributed by atoms with Gasteiger partial charge in [-0.2, -0.15) is 0 Å². The van der Waals surface area contributed by atoms with E-state index in [4.69, 9.17) is 5.73 Å². The minimum absolute atomic E-state index is 0.147. The first-order chi connectivity index (χ1) is 13.2. The standard InChI is InChI=1S/C18H20N6O3S/c1-10-7-5-6-8-12(10)24-9-20-21-17(24)28-11(2)14(25)13-15(19)22(3)18(27)23(4)16(13)26/h5-9,11H,19H2,1-4H3. The van der Waals surface area contributed by atoms with Crippen molar-refractivity contribution in [1.82, 2.24) is 23.9 Å². The topological polar surface area (TPSA) is 118 Å². The van der Waals surface area contributed by atoms with Gasteiger partial charge in [0.2, 0.25) is 0 Å². The molecule has 0 saturated carbocycles. The summed E-state index contributed by atoms with van der Waals surface area (Å²) in [7, 11) is 2.73. The number of Topliss-reactive ketones (excluding diaryl/α,β-unsaturated/α-hetero) is 1. The number of rotatable bonds is 5. The molecule has 0 fully saturated rings. The fraction of sp³-hybridized carbons (Fsp3) is 0.278. The van der Waals surface area contributed by atoms with E-state index in [0.717, 1.165) is 20.4 Å². The number of aryl methyl sites for hydroxylation is 1. The monoisotopic (exact) mass is 400 g/mol. The maximum Gasteiger partial charge on any atom is 0.332 e. The Balaban J connectivity index is 1.97. The van der Waals surface area contributed by atoms with Crippen LogP contribution in [0.5, 0.6) is 0 Å². The lowest BCUT2D eigenvalue weighted by atomic mass is 10.1. The van der Waals surface area contributed by atoms with Crippen LogP contribution >= 0.6 is 11.8 Å². The van der Waals surface area contributed by atoms with Gasteiger partial charge < -0.3 is 5.73 Å². The quantitative estimate of drug-likeness (QED) is 0.500. The van der Waals surface area contributed by atoms with Gasteiger partial charge in [0.05, 0.1) is 10.9 Å². The number of nitrogen functional groups attached to an aromatic ring is 1. The van der Waals surface area contributed by atoms with Gasteiger partial charge >= 0.3 is 5.69 Å². The van der Waals surface area contributed by atoms with E-state index in [1.54, 1.807) is 17.8 Å². The molecule has 2 aromatic heterocycles. The summed E-state index contributed by atoms with van der Waals surface area (Å²) in [6.07, 6.45) is 1.57. The molecule has 0 radical (unpaired) electrons. The second-order valence-electron chi connectivity index (χ2n) is 6.36. The van der Waals surface area contributed by atoms with Gasteiger partial charge in [-0.25, -0.2) is 4.79 Å². The molecule has 2 heterocycles. The Morgan fingerprint density at radius 1 is 1.18 bits per heavy atom. The van der Waals surface area contributed by atoms with Crippen LogP contribution in [-0.2, 0) is 14.1 Å². The highest BCUT2D eigenvalue weighted by Gasteiger charge is 2.27. The smallest absolute Gasteiger partial charge is 0.332 e. The Bertz CT molecular complexity index is 1180. The fourth-order valence-electron chi connectivity index (χ4n) is 2.81. The molecule has 0 bridgehead atoms. The van der Waals surface area contributed by atoms with Gasteiger partial charge in [-0.1, -0.05) is 30.0 Å². The molecule has 3 aromatic rings. The van der Waals surface area contributed by atoms with Gasteiger partial charge in [-0.05, 0) is 25.5 Å². The zero-order valence-corrected chi connectivity index (χ0v) is 16.7. The van der Waals surface area contributed by atoms with Crippen molar-refractivity contribution >= 4 is 23.4 Å². The Hall–Kier alpha value is -3.14. The van der Waals surface area contributed by atoms with Crippen LogP contribution in [-0.4, -0.2) is 34.9 Å². The Morgan fingerprint density at radius 2 is 1.86 bits per heavy atom. The number of aromatic nitrogens is 5. The van der Waals surface area contributed by atoms with Crippen molar-refractivity contribution in [1.29, 1.82) is 0 Å². The van der Waals surface area contributed by atoms with Gasteiger partial charge in [0.15, 0.2) is 10.9 Å². The molecule has 0 aliphatic heterocycles. The molecule has 10 heteroatoms.